The maximum Gasteiger partial charge on any atom is 0.509 e. The van der Waals surface area contributed by atoms with Gasteiger partial charge in [-0.15, -0.1) is 0 Å². The summed E-state index contributed by atoms with van der Waals surface area (Å²) in [4.78, 5) is 24.7. The van der Waals surface area contributed by atoms with Gasteiger partial charge in [0.15, 0.2) is 6.10 Å². The standard InChI is InChI=1S/C8H11NO4/c1-3-6-7(4-9-5(2)10)13-8(11)12-6/h4,6-7H,3H2,1-2H3. The van der Waals surface area contributed by atoms with Gasteiger partial charge in [0.25, 0.3) is 0 Å². The first-order valence-electron chi connectivity index (χ1n) is 4.05. The van der Waals surface area contributed by atoms with Gasteiger partial charge in [-0.25, -0.2) is 9.79 Å². The highest BCUT2D eigenvalue weighted by atomic mass is 16.8. The molecule has 0 aromatic rings. The Hall–Kier alpha value is -1.39. The van der Waals surface area contributed by atoms with Crippen molar-refractivity contribution in [3.05, 3.63) is 0 Å². The van der Waals surface area contributed by atoms with E-state index in [1.54, 1.807) is 0 Å². The highest BCUT2D eigenvalue weighted by molar-refractivity contribution is 5.86. The van der Waals surface area contributed by atoms with Crippen LogP contribution in [0.5, 0.6) is 0 Å². The number of ether oxygens (including phenoxy) is 2. The van der Waals surface area contributed by atoms with Crippen molar-refractivity contribution >= 4 is 18.3 Å². The second-order valence-electron chi connectivity index (χ2n) is 2.69. The normalized spacial score (nSPS) is 27.4. The summed E-state index contributed by atoms with van der Waals surface area (Å²) < 4.78 is 9.54. The number of rotatable bonds is 2. The molecule has 1 saturated heterocycles. The highest BCUT2D eigenvalue weighted by Crippen LogP contribution is 2.16. The number of amides is 1. The van der Waals surface area contributed by atoms with E-state index in [9.17, 15) is 9.59 Å². The lowest BCUT2D eigenvalue weighted by Gasteiger charge is -2.06. The smallest absolute Gasteiger partial charge is 0.427 e. The Bertz CT molecular complexity index is 249. The molecule has 5 heteroatoms. The largest absolute Gasteiger partial charge is 0.509 e. The zero-order chi connectivity index (χ0) is 9.84. The van der Waals surface area contributed by atoms with Gasteiger partial charge in [0.05, 0.1) is 6.21 Å². The molecule has 1 heterocycles. The predicted molar refractivity (Wildman–Crippen MR) is 44.6 cm³/mol. The van der Waals surface area contributed by atoms with Crippen LogP contribution in [0.25, 0.3) is 0 Å². The van der Waals surface area contributed by atoms with Crippen molar-refractivity contribution < 1.29 is 19.1 Å². The van der Waals surface area contributed by atoms with Crippen LogP contribution in [0, 0.1) is 0 Å². The summed E-state index contributed by atoms with van der Waals surface area (Å²) in [5.41, 5.74) is 0. The molecular formula is C8H11NO4. The lowest BCUT2D eigenvalue weighted by Crippen LogP contribution is -2.23. The number of aliphatic imine (C=N–C) groups is 1. The molecular weight excluding hydrogens is 174 g/mol. The van der Waals surface area contributed by atoms with Crippen molar-refractivity contribution in [3.63, 3.8) is 0 Å². The lowest BCUT2D eigenvalue weighted by atomic mass is 10.2. The van der Waals surface area contributed by atoms with Crippen LogP contribution in [0.15, 0.2) is 4.99 Å². The van der Waals surface area contributed by atoms with Crippen LogP contribution < -0.4 is 0 Å². The quantitative estimate of drug-likeness (QED) is 0.474. The van der Waals surface area contributed by atoms with Gasteiger partial charge in [0.2, 0.25) is 5.91 Å². The summed E-state index contributed by atoms with van der Waals surface area (Å²) in [5, 5.41) is 0. The second kappa shape index (κ2) is 4.02. The molecule has 0 aromatic heterocycles. The van der Waals surface area contributed by atoms with Gasteiger partial charge in [-0.2, -0.15) is 0 Å². The molecule has 0 N–H and O–H groups in total. The van der Waals surface area contributed by atoms with E-state index in [1.165, 1.54) is 13.1 Å². The van der Waals surface area contributed by atoms with Crippen LogP contribution in [0.1, 0.15) is 20.3 Å². The van der Waals surface area contributed by atoms with Gasteiger partial charge in [-0.3, -0.25) is 4.79 Å². The van der Waals surface area contributed by atoms with E-state index < -0.39 is 12.3 Å². The lowest BCUT2D eigenvalue weighted by molar-refractivity contribution is -0.115. The van der Waals surface area contributed by atoms with E-state index in [4.69, 9.17) is 9.47 Å². The monoisotopic (exact) mass is 185 g/mol. The summed E-state index contributed by atoms with van der Waals surface area (Å²) in [5.74, 6) is -0.321. The molecule has 5 nitrogen and oxygen atoms in total. The minimum atomic E-state index is -0.702. The first-order valence-corrected chi connectivity index (χ1v) is 4.05. The molecule has 0 aromatic carbocycles. The molecule has 0 saturated carbocycles. The minimum Gasteiger partial charge on any atom is -0.427 e. The zero-order valence-corrected chi connectivity index (χ0v) is 7.52. The summed E-state index contributed by atoms with van der Waals surface area (Å²) >= 11 is 0. The van der Waals surface area contributed by atoms with Gasteiger partial charge in [-0.1, -0.05) is 6.92 Å². The summed E-state index contributed by atoms with van der Waals surface area (Å²) in [6.45, 7) is 3.19. The molecule has 2 unspecified atom stereocenters. The SMILES string of the molecule is CCC1OC(=O)OC1C=NC(C)=O. The molecule has 0 aliphatic carbocycles. The number of carbonyl (C=O) groups is 2. The Kier molecular flexibility index (Phi) is 3.00. The van der Waals surface area contributed by atoms with Gasteiger partial charge in [-0.05, 0) is 6.42 Å². The maximum absolute atomic E-state index is 10.7. The molecule has 1 fully saturated rings. The van der Waals surface area contributed by atoms with Crippen LogP contribution in [0.2, 0.25) is 0 Å². The van der Waals surface area contributed by atoms with Gasteiger partial charge >= 0.3 is 6.16 Å². The molecule has 1 aliphatic rings. The highest BCUT2D eigenvalue weighted by Gasteiger charge is 2.33. The van der Waals surface area contributed by atoms with Crippen molar-refractivity contribution in [3.8, 4) is 0 Å². The van der Waals surface area contributed by atoms with Crippen molar-refractivity contribution in [2.75, 3.05) is 0 Å². The third-order valence-electron chi connectivity index (χ3n) is 1.65. The van der Waals surface area contributed by atoms with Crippen molar-refractivity contribution in [2.45, 2.75) is 32.5 Å². The van der Waals surface area contributed by atoms with Crippen molar-refractivity contribution in [1.82, 2.24) is 0 Å². The summed E-state index contributed by atoms with van der Waals surface area (Å²) in [7, 11) is 0. The summed E-state index contributed by atoms with van der Waals surface area (Å²) in [6, 6.07) is 0. The number of carbonyl (C=O) groups excluding carboxylic acids is 2. The fourth-order valence-electron chi connectivity index (χ4n) is 1.03. The molecule has 1 rings (SSSR count). The third-order valence-corrected chi connectivity index (χ3v) is 1.65. The van der Waals surface area contributed by atoms with Gasteiger partial charge in [0, 0.05) is 6.92 Å². The predicted octanol–water partition coefficient (Wildman–Crippen LogP) is 0.918. The molecule has 1 amide bonds. The maximum atomic E-state index is 10.7. The fourth-order valence-corrected chi connectivity index (χ4v) is 1.03. The van der Waals surface area contributed by atoms with E-state index in [0.717, 1.165) is 0 Å². The van der Waals surface area contributed by atoms with Crippen LogP contribution in [0.4, 0.5) is 4.79 Å². The van der Waals surface area contributed by atoms with E-state index in [-0.39, 0.29) is 12.0 Å². The number of nitrogens with zero attached hydrogens (tertiary/aromatic N) is 1. The van der Waals surface area contributed by atoms with Gasteiger partial charge in [0.1, 0.15) is 6.10 Å². The van der Waals surface area contributed by atoms with Crippen LogP contribution in [-0.4, -0.2) is 30.5 Å². The van der Waals surface area contributed by atoms with Crippen molar-refractivity contribution in [1.29, 1.82) is 0 Å². The van der Waals surface area contributed by atoms with E-state index in [0.29, 0.717) is 6.42 Å². The second-order valence-corrected chi connectivity index (χ2v) is 2.69. The van der Waals surface area contributed by atoms with E-state index in [1.807, 2.05) is 6.92 Å². The Morgan fingerprint density at radius 1 is 1.62 bits per heavy atom. The Balaban J connectivity index is 2.58. The van der Waals surface area contributed by atoms with Crippen LogP contribution >= 0.6 is 0 Å². The van der Waals surface area contributed by atoms with E-state index >= 15 is 0 Å². The van der Waals surface area contributed by atoms with Crippen LogP contribution in [0.3, 0.4) is 0 Å². The zero-order valence-electron chi connectivity index (χ0n) is 7.52. The molecule has 2 atom stereocenters. The Morgan fingerprint density at radius 2 is 2.31 bits per heavy atom. The Morgan fingerprint density at radius 3 is 2.85 bits per heavy atom. The number of hydrogen-bond acceptors (Lipinski definition) is 4. The fraction of sp³-hybridized carbons (Fsp3) is 0.625. The summed E-state index contributed by atoms with van der Waals surface area (Å²) in [6.07, 6.45) is 0.394. The topological polar surface area (TPSA) is 65.0 Å². The Labute approximate surface area is 75.7 Å². The number of cyclic esters (lactones) is 2. The van der Waals surface area contributed by atoms with Gasteiger partial charge < -0.3 is 9.47 Å². The minimum absolute atomic E-state index is 0.321. The molecule has 13 heavy (non-hydrogen) atoms. The van der Waals surface area contributed by atoms with E-state index in [2.05, 4.69) is 4.99 Å². The molecule has 0 bridgehead atoms. The first-order chi connectivity index (χ1) is 6.13. The first kappa shape index (κ1) is 9.70. The molecule has 0 spiro atoms. The third kappa shape index (κ3) is 2.54. The molecule has 1 aliphatic heterocycles. The van der Waals surface area contributed by atoms with Crippen LogP contribution in [-0.2, 0) is 14.3 Å². The van der Waals surface area contributed by atoms with Crippen molar-refractivity contribution in [2.24, 2.45) is 4.99 Å². The molecule has 72 valence electrons. The average molecular weight is 185 g/mol. The number of hydrogen-bond donors (Lipinski definition) is 0. The molecule has 0 radical (unpaired) electrons. The average Bonchev–Trinajstić information content (AvgIpc) is 2.42.